The second kappa shape index (κ2) is 11.6. The van der Waals surface area contributed by atoms with Gasteiger partial charge in [-0.05, 0) is 182 Å². The lowest BCUT2D eigenvalue weighted by molar-refractivity contribution is 0.403. The maximum Gasteiger partial charge on any atom is 0.128 e. The Hall–Kier alpha value is -4.88. The van der Waals surface area contributed by atoms with E-state index in [4.69, 9.17) is 4.74 Å². The Morgan fingerprint density at radius 1 is 0.680 bits per heavy atom. The minimum absolute atomic E-state index is 0.0428. The first kappa shape index (κ1) is 30.0. The number of ether oxygens (including phenoxy) is 1. The first-order chi connectivity index (χ1) is 24.5. The third kappa shape index (κ3) is 4.89. The van der Waals surface area contributed by atoms with Crippen molar-refractivity contribution in [2.24, 2.45) is 0 Å². The highest BCUT2D eigenvalue weighted by Crippen LogP contribution is 2.53. The molecule has 1 heteroatoms. The van der Waals surface area contributed by atoms with Crippen LogP contribution in [0.1, 0.15) is 105 Å². The van der Waals surface area contributed by atoms with Crippen molar-refractivity contribution in [3.8, 4) is 16.9 Å². The smallest absolute Gasteiger partial charge is 0.128 e. The SMILES string of the molecule is CC1(C)C2=C(CCC(c3cc(OC4=CC=CCC4)cc(-c4cc5c6c7c(ccc6c4)=CCC[C@H]7CC=5)c3)=C2)c2ccc(C3=CC=CCC3)cc21. The molecule has 0 amide bonds. The minimum Gasteiger partial charge on any atom is -0.462 e. The van der Waals surface area contributed by atoms with Crippen molar-refractivity contribution in [2.45, 2.75) is 83.0 Å². The fourth-order valence-electron chi connectivity index (χ4n) is 9.71. The molecule has 0 spiro atoms. The lowest BCUT2D eigenvalue weighted by atomic mass is 9.77. The van der Waals surface area contributed by atoms with Crippen LogP contribution < -0.4 is 15.2 Å². The average Bonchev–Trinajstić information content (AvgIpc) is 3.39. The summed E-state index contributed by atoms with van der Waals surface area (Å²) < 4.78 is 6.67. The zero-order valence-corrected chi connectivity index (χ0v) is 29.3. The number of benzene rings is 4. The third-order valence-corrected chi connectivity index (χ3v) is 12.3. The molecule has 0 unspecified atom stereocenters. The van der Waals surface area contributed by atoms with E-state index in [-0.39, 0.29) is 5.41 Å². The number of allylic oxidation sites excluding steroid dienone is 12. The van der Waals surface area contributed by atoms with Crippen molar-refractivity contribution in [2.75, 3.05) is 0 Å². The molecule has 0 N–H and O–H groups in total. The fourth-order valence-corrected chi connectivity index (χ4v) is 9.71. The largest absolute Gasteiger partial charge is 0.462 e. The molecule has 6 aliphatic rings. The van der Waals surface area contributed by atoms with Gasteiger partial charge in [0.05, 0.1) is 0 Å². The van der Waals surface area contributed by atoms with Gasteiger partial charge in [-0.2, -0.15) is 0 Å². The van der Waals surface area contributed by atoms with Gasteiger partial charge in [0.25, 0.3) is 0 Å². The first-order valence-corrected chi connectivity index (χ1v) is 18.9. The predicted molar refractivity (Wildman–Crippen MR) is 211 cm³/mol. The Morgan fingerprint density at radius 3 is 2.40 bits per heavy atom. The van der Waals surface area contributed by atoms with Crippen molar-refractivity contribution in [1.29, 1.82) is 0 Å². The average molecular weight is 649 g/mol. The van der Waals surface area contributed by atoms with Crippen LogP contribution in [-0.2, 0) is 5.41 Å². The molecule has 50 heavy (non-hydrogen) atoms. The van der Waals surface area contributed by atoms with Crippen LogP contribution in [0.2, 0.25) is 0 Å². The predicted octanol–water partition coefficient (Wildman–Crippen LogP) is 11.6. The molecule has 0 heterocycles. The van der Waals surface area contributed by atoms with Gasteiger partial charge < -0.3 is 4.74 Å². The van der Waals surface area contributed by atoms with E-state index in [1.807, 2.05) is 0 Å². The van der Waals surface area contributed by atoms with Gasteiger partial charge in [0.2, 0.25) is 0 Å². The van der Waals surface area contributed by atoms with Gasteiger partial charge in [-0.1, -0.05) is 86.7 Å². The van der Waals surface area contributed by atoms with Crippen LogP contribution in [0, 0.1) is 0 Å². The quantitative estimate of drug-likeness (QED) is 0.209. The molecule has 0 saturated heterocycles. The molecule has 0 radical (unpaired) electrons. The van der Waals surface area contributed by atoms with Gasteiger partial charge in [-0.3, -0.25) is 0 Å². The summed E-state index contributed by atoms with van der Waals surface area (Å²) >= 11 is 0. The zero-order valence-electron chi connectivity index (χ0n) is 29.3. The molecule has 0 bridgehead atoms. The van der Waals surface area contributed by atoms with Crippen LogP contribution in [0.25, 0.3) is 50.8 Å². The maximum absolute atomic E-state index is 6.67. The fraction of sp³-hybridized carbons (Fsp3) is 0.265. The summed E-state index contributed by atoms with van der Waals surface area (Å²) in [6.07, 6.45) is 30.7. The summed E-state index contributed by atoms with van der Waals surface area (Å²) in [4.78, 5) is 0. The second-order valence-electron chi connectivity index (χ2n) is 15.7. The third-order valence-electron chi connectivity index (χ3n) is 12.3. The standard InChI is InChI=1S/C49H44O/c1-49(2)45-29-34(31-10-5-3-6-11-31)20-22-43(45)44-23-21-35(30-46(44)49)39-26-40(28-42(27-39)50-41-14-7-4-8-15-41)38-24-36-18-16-32-12-9-13-33-17-19-37(25-38)48(36)47(32)33/h3-5,7,10,12,14,16,18-20,22,24-30,33H,6,8-9,11,13,15,17,21,23H2,1-2H3/t33-/m0/s1. The van der Waals surface area contributed by atoms with E-state index in [2.05, 4.69) is 129 Å². The highest BCUT2D eigenvalue weighted by atomic mass is 16.5. The number of hydrogen-bond acceptors (Lipinski definition) is 1. The molecule has 10 rings (SSSR count). The molecule has 6 aliphatic carbocycles. The molecule has 0 aromatic heterocycles. The van der Waals surface area contributed by atoms with Crippen LogP contribution in [0.3, 0.4) is 0 Å². The van der Waals surface area contributed by atoms with E-state index in [9.17, 15) is 0 Å². The lowest BCUT2D eigenvalue weighted by Crippen LogP contribution is -2.24. The molecule has 0 aliphatic heterocycles. The van der Waals surface area contributed by atoms with Crippen molar-refractivity contribution in [3.63, 3.8) is 0 Å². The Morgan fingerprint density at radius 2 is 1.54 bits per heavy atom. The van der Waals surface area contributed by atoms with Crippen LogP contribution in [0.4, 0.5) is 0 Å². The van der Waals surface area contributed by atoms with E-state index < -0.39 is 0 Å². The van der Waals surface area contributed by atoms with Crippen LogP contribution in [0.5, 0.6) is 5.75 Å². The highest BCUT2D eigenvalue weighted by molar-refractivity contribution is 5.94. The summed E-state index contributed by atoms with van der Waals surface area (Å²) in [6, 6.07) is 23.8. The minimum atomic E-state index is -0.0428. The van der Waals surface area contributed by atoms with Gasteiger partial charge in [0, 0.05) is 11.8 Å². The maximum atomic E-state index is 6.67. The molecular formula is C49H44O. The molecular weight excluding hydrogens is 605 g/mol. The first-order valence-electron chi connectivity index (χ1n) is 18.9. The number of rotatable bonds is 5. The van der Waals surface area contributed by atoms with E-state index in [0.717, 1.165) is 56.5 Å². The molecule has 246 valence electrons. The Kier molecular flexibility index (Phi) is 6.95. The Balaban J connectivity index is 1.08. The summed E-state index contributed by atoms with van der Waals surface area (Å²) in [5.74, 6) is 2.64. The number of fused-ring (bicyclic) bond motifs is 2. The van der Waals surface area contributed by atoms with Crippen LogP contribution in [0.15, 0.2) is 115 Å². The van der Waals surface area contributed by atoms with Gasteiger partial charge in [-0.15, -0.1) is 0 Å². The Bertz CT molecular complexity index is 2450. The van der Waals surface area contributed by atoms with E-state index in [1.165, 1.54) is 89.7 Å². The molecule has 1 atom stereocenters. The van der Waals surface area contributed by atoms with Crippen molar-refractivity contribution in [1.82, 2.24) is 0 Å². The molecule has 0 saturated carbocycles. The zero-order chi connectivity index (χ0) is 33.4. The van der Waals surface area contributed by atoms with E-state index in [0.29, 0.717) is 5.92 Å². The topological polar surface area (TPSA) is 9.23 Å². The number of hydrogen-bond donors (Lipinski definition) is 0. The van der Waals surface area contributed by atoms with E-state index in [1.54, 1.807) is 5.56 Å². The summed E-state index contributed by atoms with van der Waals surface area (Å²) in [5, 5.41) is 5.68. The summed E-state index contributed by atoms with van der Waals surface area (Å²) in [7, 11) is 0. The highest BCUT2D eigenvalue weighted by Gasteiger charge is 2.38. The Labute approximate surface area is 296 Å². The van der Waals surface area contributed by atoms with Crippen molar-refractivity contribution in [3.05, 3.63) is 153 Å². The molecule has 0 fully saturated rings. The monoisotopic (exact) mass is 648 g/mol. The van der Waals surface area contributed by atoms with Gasteiger partial charge in [-0.25, -0.2) is 0 Å². The normalized spacial score (nSPS) is 21.1. The second-order valence-corrected chi connectivity index (χ2v) is 15.7. The molecule has 4 aromatic rings. The lowest BCUT2D eigenvalue weighted by Gasteiger charge is -2.27. The van der Waals surface area contributed by atoms with Crippen LogP contribution >= 0.6 is 0 Å². The summed E-state index contributed by atoms with van der Waals surface area (Å²) in [5.41, 5.74) is 15.5. The molecule has 1 nitrogen and oxygen atoms in total. The van der Waals surface area contributed by atoms with Gasteiger partial charge >= 0.3 is 0 Å². The van der Waals surface area contributed by atoms with E-state index >= 15 is 0 Å². The van der Waals surface area contributed by atoms with Crippen molar-refractivity contribution < 1.29 is 4.74 Å². The van der Waals surface area contributed by atoms with Gasteiger partial charge in [0.15, 0.2) is 0 Å². The summed E-state index contributed by atoms with van der Waals surface area (Å²) in [6.45, 7) is 4.86. The molecule has 4 aromatic carbocycles. The van der Waals surface area contributed by atoms with Gasteiger partial charge in [0.1, 0.15) is 11.5 Å². The van der Waals surface area contributed by atoms with Crippen LogP contribution in [-0.4, -0.2) is 0 Å². The van der Waals surface area contributed by atoms with Crippen molar-refractivity contribution >= 4 is 39.6 Å².